The molecule has 1 saturated carbocycles. The summed E-state index contributed by atoms with van der Waals surface area (Å²) in [4.78, 5) is 0. The van der Waals surface area contributed by atoms with Gasteiger partial charge in [0.1, 0.15) is 0 Å². The summed E-state index contributed by atoms with van der Waals surface area (Å²) in [5.74, 6) is 0.121. The Labute approximate surface area is 86.9 Å². The molecule has 0 aromatic carbocycles. The Morgan fingerprint density at radius 2 is 2.29 bits per heavy atom. The van der Waals surface area contributed by atoms with Crippen LogP contribution in [0.15, 0.2) is 0 Å². The van der Waals surface area contributed by atoms with Crippen molar-refractivity contribution in [1.29, 1.82) is 5.26 Å². The van der Waals surface area contributed by atoms with Crippen LogP contribution >= 0.6 is 0 Å². The minimum atomic E-state index is -0.705. The lowest BCUT2D eigenvalue weighted by Crippen LogP contribution is -2.45. The quantitative estimate of drug-likeness (QED) is 0.752. The van der Waals surface area contributed by atoms with E-state index in [1.165, 1.54) is 6.42 Å². The van der Waals surface area contributed by atoms with Gasteiger partial charge in [0.25, 0.3) is 0 Å². The van der Waals surface area contributed by atoms with E-state index in [1.807, 2.05) is 0 Å². The molecule has 14 heavy (non-hydrogen) atoms. The molecule has 0 spiro atoms. The molecule has 3 unspecified atom stereocenters. The molecule has 0 aromatic heterocycles. The van der Waals surface area contributed by atoms with Crippen LogP contribution in [0.5, 0.6) is 0 Å². The average molecular weight is 195 g/mol. The van der Waals surface area contributed by atoms with E-state index in [2.05, 4.69) is 19.9 Å². The van der Waals surface area contributed by atoms with E-state index in [9.17, 15) is 5.11 Å². The number of aliphatic hydroxyl groups is 1. The molecule has 3 atom stereocenters. The molecule has 0 aliphatic heterocycles. The van der Waals surface area contributed by atoms with Crippen molar-refractivity contribution in [2.45, 2.75) is 58.0 Å². The van der Waals surface area contributed by atoms with E-state index in [1.54, 1.807) is 0 Å². The van der Waals surface area contributed by atoms with Crippen LogP contribution in [0.25, 0.3) is 0 Å². The lowest BCUT2D eigenvalue weighted by Gasteiger charge is -2.41. The second-order valence-electron chi connectivity index (χ2n) is 4.61. The molecule has 0 saturated heterocycles. The zero-order valence-electron chi connectivity index (χ0n) is 9.29. The Morgan fingerprint density at radius 3 is 2.79 bits per heavy atom. The molecule has 1 rings (SSSR count). The molecule has 80 valence electrons. The van der Waals surface area contributed by atoms with E-state index < -0.39 is 5.60 Å². The summed E-state index contributed by atoms with van der Waals surface area (Å²) < 4.78 is 0. The summed E-state index contributed by atoms with van der Waals surface area (Å²) >= 11 is 0. The van der Waals surface area contributed by atoms with Crippen LogP contribution in [-0.2, 0) is 0 Å². The zero-order chi connectivity index (χ0) is 10.6. The van der Waals surface area contributed by atoms with E-state index in [-0.39, 0.29) is 11.8 Å². The Hall–Kier alpha value is -0.550. The number of rotatable bonds is 3. The summed E-state index contributed by atoms with van der Waals surface area (Å²) in [6.07, 6.45) is 5.96. The Balaban J connectivity index is 2.73. The van der Waals surface area contributed by atoms with E-state index >= 15 is 0 Å². The summed E-state index contributed by atoms with van der Waals surface area (Å²) in [6, 6.07) is 2.29. The van der Waals surface area contributed by atoms with Crippen LogP contribution in [-0.4, -0.2) is 10.7 Å². The van der Waals surface area contributed by atoms with Gasteiger partial charge in [0.05, 0.1) is 17.6 Å². The molecule has 2 nitrogen and oxygen atoms in total. The number of hydrogen-bond acceptors (Lipinski definition) is 2. The van der Waals surface area contributed by atoms with Gasteiger partial charge in [0.2, 0.25) is 0 Å². The third-order valence-electron chi connectivity index (χ3n) is 3.65. The Morgan fingerprint density at radius 1 is 1.57 bits per heavy atom. The first-order valence-electron chi connectivity index (χ1n) is 5.77. The van der Waals surface area contributed by atoms with Gasteiger partial charge in [-0.05, 0) is 25.2 Å². The standard InChI is InChI=1S/C12H21NO/c1-3-6-11(9-13)12(14)8-5-4-7-10(12)2/h10-11,14H,3-8H2,1-2H3. The molecule has 1 N–H and O–H groups in total. The van der Waals surface area contributed by atoms with Crippen molar-refractivity contribution in [2.24, 2.45) is 11.8 Å². The fourth-order valence-corrected chi connectivity index (χ4v) is 2.59. The van der Waals surface area contributed by atoms with Gasteiger partial charge in [0.15, 0.2) is 0 Å². The van der Waals surface area contributed by atoms with Crippen molar-refractivity contribution >= 4 is 0 Å². The second-order valence-corrected chi connectivity index (χ2v) is 4.61. The molecule has 0 radical (unpaired) electrons. The van der Waals surface area contributed by atoms with Crippen LogP contribution in [0.3, 0.4) is 0 Å². The van der Waals surface area contributed by atoms with Crippen molar-refractivity contribution in [3.63, 3.8) is 0 Å². The number of hydrogen-bond donors (Lipinski definition) is 1. The van der Waals surface area contributed by atoms with Crippen LogP contribution in [0, 0.1) is 23.2 Å². The molecule has 0 aromatic rings. The van der Waals surface area contributed by atoms with Gasteiger partial charge in [-0.3, -0.25) is 0 Å². The first-order chi connectivity index (χ1) is 6.65. The molecular formula is C12H21NO. The van der Waals surface area contributed by atoms with Gasteiger partial charge < -0.3 is 5.11 Å². The third kappa shape index (κ3) is 2.09. The lowest BCUT2D eigenvalue weighted by atomic mass is 9.68. The van der Waals surface area contributed by atoms with Crippen molar-refractivity contribution in [3.8, 4) is 6.07 Å². The van der Waals surface area contributed by atoms with Crippen molar-refractivity contribution < 1.29 is 5.11 Å². The minimum absolute atomic E-state index is 0.164. The maximum absolute atomic E-state index is 10.5. The summed E-state index contributed by atoms with van der Waals surface area (Å²) in [6.45, 7) is 4.15. The second kappa shape index (κ2) is 4.79. The minimum Gasteiger partial charge on any atom is -0.388 e. The monoisotopic (exact) mass is 195 g/mol. The molecule has 2 heteroatoms. The first kappa shape index (κ1) is 11.5. The SMILES string of the molecule is CCCC(C#N)C1(O)CCCCC1C. The summed E-state index contributed by atoms with van der Waals surface area (Å²) in [7, 11) is 0. The van der Waals surface area contributed by atoms with Crippen molar-refractivity contribution in [3.05, 3.63) is 0 Å². The van der Waals surface area contributed by atoms with Gasteiger partial charge >= 0.3 is 0 Å². The van der Waals surface area contributed by atoms with Crippen LogP contribution in [0.2, 0.25) is 0 Å². The maximum atomic E-state index is 10.5. The summed E-state index contributed by atoms with van der Waals surface area (Å²) in [5, 5.41) is 19.6. The van der Waals surface area contributed by atoms with Crippen LogP contribution in [0.1, 0.15) is 52.4 Å². The largest absolute Gasteiger partial charge is 0.388 e. The lowest BCUT2D eigenvalue weighted by molar-refractivity contribution is -0.0744. The Bertz CT molecular complexity index is 221. The van der Waals surface area contributed by atoms with E-state index in [0.29, 0.717) is 0 Å². The predicted molar refractivity (Wildman–Crippen MR) is 56.6 cm³/mol. The molecular weight excluding hydrogens is 174 g/mol. The van der Waals surface area contributed by atoms with E-state index in [4.69, 9.17) is 5.26 Å². The number of nitriles is 1. The highest BCUT2D eigenvalue weighted by atomic mass is 16.3. The van der Waals surface area contributed by atoms with Crippen molar-refractivity contribution in [1.82, 2.24) is 0 Å². The predicted octanol–water partition coefficient (Wildman–Crippen LogP) is 2.87. The van der Waals surface area contributed by atoms with Gasteiger partial charge in [-0.2, -0.15) is 5.26 Å². The fraction of sp³-hybridized carbons (Fsp3) is 0.917. The van der Waals surface area contributed by atoms with Gasteiger partial charge in [-0.15, -0.1) is 0 Å². The van der Waals surface area contributed by atoms with Gasteiger partial charge in [-0.1, -0.05) is 33.1 Å². The maximum Gasteiger partial charge on any atom is 0.0830 e. The van der Waals surface area contributed by atoms with E-state index in [0.717, 1.165) is 32.1 Å². The highest BCUT2D eigenvalue weighted by Crippen LogP contribution is 2.40. The highest BCUT2D eigenvalue weighted by Gasteiger charge is 2.42. The molecule has 0 amide bonds. The normalized spacial score (nSPS) is 34.9. The molecule has 1 aliphatic rings. The molecule has 1 aliphatic carbocycles. The van der Waals surface area contributed by atoms with Crippen LogP contribution < -0.4 is 0 Å². The van der Waals surface area contributed by atoms with Gasteiger partial charge in [-0.25, -0.2) is 0 Å². The smallest absolute Gasteiger partial charge is 0.0830 e. The molecule has 0 heterocycles. The molecule has 1 fully saturated rings. The highest BCUT2D eigenvalue weighted by molar-refractivity contribution is 5.02. The van der Waals surface area contributed by atoms with Crippen LogP contribution in [0.4, 0.5) is 0 Å². The fourth-order valence-electron chi connectivity index (χ4n) is 2.59. The number of nitrogens with zero attached hydrogens (tertiary/aromatic N) is 1. The third-order valence-corrected chi connectivity index (χ3v) is 3.65. The molecule has 0 bridgehead atoms. The average Bonchev–Trinajstić information content (AvgIpc) is 2.19. The van der Waals surface area contributed by atoms with Gasteiger partial charge in [0, 0.05) is 0 Å². The zero-order valence-corrected chi connectivity index (χ0v) is 9.29. The Kier molecular flexibility index (Phi) is 3.95. The topological polar surface area (TPSA) is 44.0 Å². The summed E-state index contributed by atoms with van der Waals surface area (Å²) in [5.41, 5.74) is -0.705. The first-order valence-corrected chi connectivity index (χ1v) is 5.77. The van der Waals surface area contributed by atoms with Crippen molar-refractivity contribution in [2.75, 3.05) is 0 Å².